The summed E-state index contributed by atoms with van der Waals surface area (Å²) in [5, 5.41) is 12.2. The van der Waals surface area contributed by atoms with Gasteiger partial charge in [-0.15, -0.1) is 0 Å². The highest BCUT2D eigenvalue weighted by Crippen LogP contribution is 2.29. The van der Waals surface area contributed by atoms with Gasteiger partial charge in [0.05, 0.1) is 11.0 Å². The summed E-state index contributed by atoms with van der Waals surface area (Å²) in [4.78, 5) is 12.6. The molecule has 7 heteroatoms. The number of sulfonamides is 1. The minimum Gasteiger partial charge on any atom is -0.334 e. The van der Waals surface area contributed by atoms with Crippen LogP contribution in [0.3, 0.4) is 0 Å². The maximum absolute atomic E-state index is 12.6. The fourth-order valence-corrected chi connectivity index (χ4v) is 4.28. The first kappa shape index (κ1) is 18.9. The number of hydrogen-bond acceptors (Lipinski definition) is 4. The topological polar surface area (TPSA) is 99.1 Å². The van der Waals surface area contributed by atoms with Crippen LogP contribution in [0, 0.1) is 18.3 Å². The van der Waals surface area contributed by atoms with Crippen LogP contribution in [0.25, 0.3) is 0 Å². The molecule has 2 aromatic carbocycles. The zero-order valence-electron chi connectivity index (χ0n) is 15.0. The first-order chi connectivity index (χ1) is 12.8. The number of amides is 1. The molecule has 2 N–H and O–H groups in total. The van der Waals surface area contributed by atoms with Gasteiger partial charge in [0.25, 0.3) is 15.9 Å². The molecule has 140 valence electrons. The van der Waals surface area contributed by atoms with E-state index in [0.717, 1.165) is 18.4 Å². The summed E-state index contributed by atoms with van der Waals surface area (Å²) in [6.45, 7) is 1.92. The lowest BCUT2D eigenvalue weighted by Gasteiger charge is -2.22. The van der Waals surface area contributed by atoms with E-state index in [0.29, 0.717) is 18.5 Å². The predicted octanol–water partition coefficient (Wildman–Crippen LogP) is 3.36. The van der Waals surface area contributed by atoms with E-state index in [9.17, 15) is 18.5 Å². The maximum atomic E-state index is 12.6. The van der Waals surface area contributed by atoms with Gasteiger partial charge < -0.3 is 5.32 Å². The molecule has 3 rings (SSSR count). The Kier molecular flexibility index (Phi) is 5.19. The monoisotopic (exact) mass is 383 g/mol. The zero-order valence-corrected chi connectivity index (χ0v) is 15.8. The number of nitrogens with zero attached hydrogens (tertiary/aromatic N) is 1. The molecule has 6 nitrogen and oxygen atoms in total. The number of carbonyl (C=O) groups excluding carboxylic acids is 1. The van der Waals surface area contributed by atoms with E-state index in [1.54, 1.807) is 18.2 Å². The third kappa shape index (κ3) is 4.29. The van der Waals surface area contributed by atoms with E-state index < -0.39 is 21.5 Å². The molecule has 0 spiro atoms. The van der Waals surface area contributed by atoms with Crippen LogP contribution in [0.15, 0.2) is 53.4 Å². The summed E-state index contributed by atoms with van der Waals surface area (Å²) in [7, 11) is -3.83. The highest BCUT2D eigenvalue weighted by atomic mass is 32.2. The van der Waals surface area contributed by atoms with Crippen molar-refractivity contribution in [3.63, 3.8) is 0 Å². The first-order valence-electron chi connectivity index (χ1n) is 8.77. The first-order valence-corrected chi connectivity index (χ1v) is 10.3. The van der Waals surface area contributed by atoms with E-state index in [-0.39, 0.29) is 10.5 Å². The third-order valence-electron chi connectivity index (χ3n) is 4.73. The number of nitriles is 1. The molecule has 27 heavy (non-hydrogen) atoms. The Morgan fingerprint density at radius 1 is 1.11 bits per heavy atom. The summed E-state index contributed by atoms with van der Waals surface area (Å²) in [5.41, 5.74) is 0.828. The van der Waals surface area contributed by atoms with Gasteiger partial charge in [-0.2, -0.15) is 5.26 Å². The Hall–Kier alpha value is -2.85. The molecule has 0 atom stereocenters. The summed E-state index contributed by atoms with van der Waals surface area (Å²) in [6, 6.07) is 15.0. The van der Waals surface area contributed by atoms with Crippen molar-refractivity contribution in [2.75, 3.05) is 4.72 Å². The fraction of sp³-hybridized carbons (Fsp3) is 0.300. The highest BCUT2D eigenvalue weighted by Gasteiger charge is 2.35. The average molecular weight is 383 g/mol. The lowest BCUT2D eigenvalue weighted by molar-refractivity contribution is 0.0920. The SMILES string of the molecule is Cc1ccc(NS(=O)(=O)c2cccc(C(=O)NC3(C#N)CCCC3)c2)cc1. The van der Waals surface area contributed by atoms with Gasteiger partial charge >= 0.3 is 0 Å². The van der Waals surface area contributed by atoms with Crippen LogP contribution < -0.4 is 10.0 Å². The molecule has 0 heterocycles. The lowest BCUT2D eigenvalue weighted by Crippen LogP contribution is -2.45. The van der Waals surface area contributed by atoms with Crippen molar-refractivity contribution in [1.29, 1.82) is 5.26 Å². The quantitative estimate of drug-likeness (QED) is 0.827. The van der Waals surface area contributed by atoms with Crippen molar-refractivity contribution in [1.82, 2.24) is 5.32 Å². The van der Waals surface area contributed by atoms with Crippen molar-refractivity contribution >= 4 is 21.6 Å². The van der Waals surface area contributed by atoms with Crippen molar-refractivity contribution in [2.45, 2.75) is 43.0 Å². The second kappa shape index (κ2) is 7.41. The van der Waals surface area contributed by atoms with Crippen molar-refractivity contribution in [3.8, 4) is 6.07 Å². The number of hydrogen-bond donors (Lipinski definition) is 2. The molecule has 0 radical (unpaired) electrons. The molecule has 2 aromatic rings. The fourth-order valence-electron chi connectivity index (χ4n) is 3.17. The Morgan fingerprint density at radius 3 is 2.41 bits per heavy atom. The number of aryl methyl sites for hydroxylation is 1. The standard InChI is InChI=1S/C20H21N3O3S/c1-15-7-9-17(10-8-15)23-27(25,26)18-6-4-5-16(13-18)19(24)22-20(14-21)11-2-3-12-20/h4-10,13,23H,2-3,11-12H2,1H3,(H,22,24). The number of carbonyl (C=O) groups is 1. The van der Waals surface area contributed by atoms with Crippen LogP contribution in [0.4, 0.5) is 5.69 Å². The third-order valence-corrected chi connectivity index (χ3v) is 6.11. The summed E-state index contributed by atoms with van der Waals surface area (Å²) < 4.78 is 27.8. The van der Waals surface area contributed by atoms with Gasteiger partial charge in [0.1, 0.15) is 5.54 Å². The molecule has 1 aliphatic rings. The van der Waals surface area contributed by atoms with E-state index in [4.69, 9.17) is 0 Å². The van der Waals surface area contributed by atoms with Gasteiger partial charge in [0.15, 0.2) is 0 Å². The van der Waals surface area contributed by atoms with Crippen LogP contribution in [0.5, 0.6) is 0 Å². The molecule has 0 aromatic heterocycles. The number of nitrogens with one attached hydrogen (secondary N) is 2. The lowest BCUT2D eigenvalue weighted by atomic mass is 9.99. The number of rotatable bonds is 5. The average Bonchev–Trinajstić information content (AvgIpc) is 3.12. The van der Waals surface area contributed by atoms with E-state index in [1.807, 2.05) is 19.1 Å². The number of anilines is 1. The second-order valence-corrected chi connectivity index (χ2v) is 8.54. The maximum Gasteiger partial charge on any atom is 0.261 e. The van der Waals surface area contributed by atoms with Crippen molar-refractivity contribution < 1.29 is 13.2 Å². The molecular weight excluding hydrogens is 362 g/mol. The van der Waals surface area contributed by atoms with Gasteiger partial charge in [-0.05, 0) is 62.9 Å². The Balaban J connectivity index is 1.81. The summed E-state index contributed by atoms with van der Waals surface area (Å²) in [6.07, 6.45) is 3.01. The molecule has 0 saturated heterocycles. The van der Waals surface area contributed by atoms with Gasteiger partial charge in [-0.25, -0.2) is 8.42 Å². The summed E-state index contributed by atoms with van der Waals surface area (Å²) >= 11 is 0. The van der Waals surface area contributed by atoms with Gasteiger partial charge in [-0.3, -0.25) is 9.52 Å². The van der Waals surface area contributed by atoms with Crippen LogP contribution in [-0.2, 0) is 10.0 Å². The summed E-state index contributed by atoms with van der Waals surface area (Å²) in [5.74, 6) is -0.439. The molecule has 0 bridgehead atoms. The van der Waals surface area contributed by atoms with Gasteiger partial charge in [-0.1, -0.05) is 23.8 Å². The molecule has 0 aliphatic heterocycles. The molecule has 1 saturated carbocycles. The van der Waals surface area contributed by atoms with Gasteiger partial charge in [0, 0.05) is 11.3 Å². The highest BCUT2D eigenvalue weighted by molar-refractivity contribution is 7.92. The number of benzene rings is 2. The molecular formula is C20H21N3O3S. The normalized spacial score (nSPS) is 15.7. The molecule has 1 aliphatic carbocycles. The molecule has 1 fully saturated rings. The molecule has 1 amide bonds. The van der Waals surface area contributed by atoms with Crippen LogP contribution >= 0.6 is 0 Å². The van der Waals surface area contributed by atoms with E-state index in [1.165, 1.54) is 18.2 Å². The Labute approximate surface area is 159 Å². The van der Waals surface area contributed by atoms with E-state index >= 15 is 0 Å². The predicted molar refractivity (Wildman–Crippen MR) is 103 cm³/mol. The van der Waals surface area contributed by atoms with Crippen LogP contribution in [0.2, 0.25) is 0 Å². The van der Waals surface area contributed by atoms with Crippen LogP contribution in [0.1, 0.15) is 41.6 Å². The smallest absolute Gasteiger partial charge is 0.261 e. The minimum atomic E-state index is -3.83. The largest absolute Gasteiger partial charge is 0.334 e. The Bertz CT molecular complexity index is 986. The molecule has 0 unspecified atom stereocenters. The zero-order chi connectivity index (χ0) is 19.5. The second-order valence-electron chi connectivity index (χ2n) is 6.85. The van der Waals surface area contributed by atoms with E-state index in [2.05, 4.69) is 16.1 Å². The Morgan fingerprint density at radius 2 is 1.78 bits per heavy atom. The van der Waals surface area contributed by atoms with Crippen molar-refractivity contribution in [2.24, 2.45) is 0 Å². The minimum absolute atomic E-state index is 0.00634. The van der Waals surface area contributed by atoms with Crippen LogP contribution in [-0.4, -0.2) is 19.9 Å². The van der Waals surface area contributed by atoms with Crippen molar-refractivity contribution in [3.05, 3.63) is 59.7 Å². The van der Waals surface area contributed by atoms with Gasteiger partial charge in [0.2, 0.25) is 0 Å².